The first-order chi connectivity index (χ1) is 10.5. The fourth-order valence-electron chi connectivity index (χ4n) is 2.12. The molecule has 0 radical (unpaired) electrons. The number of halogens is 2. The standard InChI is InChI=1S/C15H16BrFN2O3/c1-4-18-12-8(3)11(16)10(17)6-9(12)14-13(19-7-22-14)15(20)21-5-2/h6-7,18H,4-5H2,1-3H3. The Kier molecular flexibility index (Phi) is 5.18. The molecule has 5 nitrogen and oxygen atoms in total. The molecule has 0 aliphatic carbocycles. The van der Waals surface area contributed by atoms with E-state index in [1.165, 1.54) is 6.07 Å². The number of nitrogens with one attached hydrogen (secondary N) is 1. The first-order valence-electron chi connectivity index (χ1n) is 6.84. The summed E-state index contributed by atoms with van der Waals surface area (Å²) in [7, 11) is 0. The van der Waals surface area contributed by atoms with Gasteiger partial charge in [0.25, 0.3) is 0 Å². The number of esters is 1. The minimum absolute atomic E-state index is 0.0297. The second-order valence-electron chi connectivity index (χ2n) is 4.50. The number of nitrogens with zero attached hydrogens (tertiary/aromatic N) is 1. The van der Waals surface area contributed by atoms with E-state index in [-0.39, 0.29) is 18.1 Å². The van der Waals surface area contributed by atoms with E-state index in [4.69, 9.17) is 9.15 Å². The molecule has 0 spiro atoms. The van der Waals surface area contributed by atoms with Crippen LogP contribution in [0.3, 0.4) is 0 Å². The van der Waals surface area contributed by atoms with Crippen molar-refractivity contribution in [3.8, 4) is 11.3 Å². The monoisotopic (exact) mass is 370 g/mol. The van der Waals surface area contributed by atoms with E-state index >= 15 is 0 Å². The highest BCUT2D eigenvalue weighted by Crippen LogP contribution is 2.38. The number of hydrogen-bond donors (Lipinski definition) is 1. The molecule has 0 unspecified atom stereocenters. The van der Waals surface area contributed by atoms with Gasteiger partial charge in [0.1, 0.15) is 5.82 Å². The van der Waals surface area contributed by atoms with E-state index in [1.807, 2.05) is 6.92 Å². The Hall–Kier alpha value is -1.89. The van der Waals surface area contributed by atoms with Crippen molar-refractivity contribution in [1.29, 1.82) is 0 Å². The molecule has 7 heteroatoms. The van der Waals surface area contributed by atoms with Crippen LogP contribution in [0.25, 0.3) is 11.3 Å². The number of benzene rings is 1. The molecule has 2 aromatic rings. The largest absolute Gasteiger partial charge is 0.461 e. The quantitative estimate of drug-likeness (QED) is 0.800. The molecule has 0 atom stereocenters. The van der Waals surface area contributed by atoms with E-state index < -0.39 is 11.8 Å². The minimum atomic E-state index is -0.602. The van der Waals surface area contributed by atoms with Crippen LogP contribution in [-0.4, -0.2) is 24.1 Å². The van der Waals surface area contributed by atoms with Crippen LogP contribution in [0.1, 0.15) is 29.9 Å². The first-order valence-corrected chi connectivity index (χ1v) is 7.63. The molecule has 0 saturated carbocycles. The van der Waals surface area contributed by atoms with Gasteiger partial charge in [0, 0.05) is 17.8 Å². The smallest absolute Gasteiger partial charge is 0.360 e. The molecule has 0 saturated heterocycles. The second-order valence-corrected chi connectivity index (χ2v) is 5.29. The lowest BCUT2D eigenvalue weighted by Crippen LogP contribution is -2.08. The summed E-state index contributed by atoms with van der Waals surface area (Å²) >= 11 is 3.22. The summed E-state index contributed by atoms with van der Waals surface area (Å²) < 4.78 is 24.7. The zero-order valence-electron chi connectivity index (χ0n) is 12.5. The predicted octanol–water partition coefficient (Wildman–Crippen LogP) is 4.16. The molecule has 0 bridgehead atoms. The number of carbonyl (C=O) groups is 1. The van der Waals surface area contributed by atoms with Gasteiger partial charge in [0.15, 0.2) is 17.8 Å². The Balaban J connectivity index is 2.63. The van der Waals surface area contributed by atoms with Crippen LogP contribution in [0.5, 0.6) is 0 Å². The summed E-state index contributed by atoms with van der Waals surface area (Å²) in [6.45, 7) is 6.25. The van der Waals surface area contributed by atoms with Gasteiger partial charge in [-0.25, -0.2) is 14.2 Å². The number of carbonyl (C=O) groups excluding carboxylic acids is 1. The van der Waals surface area contributed by atoms with Crippen LogP contribution in [-0.2, 0) is 4.74 Å². The summed E-state index contributed by atoms with van der Waals surface area (Å²) in [4.78, 5) is 15.8. The molecular formula is C15H16BrFN2O3. The highest BCUT2D eigenvalue weighted by atomic mass is 79.9. The summed E-state index contributed by atoms with van der Waals surface area (Å²) in [6.07, 6.45) is 1.15. The maximum Gasteiger partial charge on any atom is 0.360 e. The van der Waals surface area contributed by atoms with E-state index in [0.717, 1.165) is 6.39 Å². The van der Waals surface area contributed by atoms with E-state index in [2.05, 4.69) is 26.2 Å². The number of aromatic nitrogens is 1. The van der Waals surface area contributed by atoms with Crippen LogP contribution < -0.4 is 5.32 Å². The van der Waals surface area contributed by atoms with E-state index in [1.54, 1.807) is 13.8 Å². The SMILES string of the molecule is CCNc1c(-c2ocnc2C(=O)OCC)cc(F)c(Br)c1C. The molecule has 0 aliphatic heterocycles. The molecule has 118 valence electrons. The Morgan fingerprint density at radius 3 is 2.86 bits per heavy atom. The summed E-state index contributed by atoms with van der Waals surface area (Å²) in [6, 6.07) is 1.30. The number of anilines is 1. The predicted molar refractivity (Wildman–Crippen MR) is 84.5 cm³/mol. The van der Waals surface area contributed by atoms with Gasteiger partial charge in [-0.1, -0.05) is 0 Å². The average molecular weight is 371 g/mol. The van der Waals surface area contributed by atoms with Gasteiger partial charge in [-0.05, 0) is 48.3 Å². The maximum atomic E-state index is 14.1. The minimum Gasteiger partial charge on any atom is -0.461 e. The van der Waals surface area contributed by atoms with Gasteiger partial charge >= 0.3 is 5.97 Å². The van der Waals surface area contributed by atoms with Crippen molar-refractivity contribution in [3.63, 3.8) is 0 Å². The molecule has 0 amide bonds. The van der Waals surface area contributed by atoms with Crippen LogP contribution in [0, 0.1) is 12.7 Å². The van der Waals surface area contributed by atoms with Crippen molar-refractivity contribution in [3.05, 3.63) is 34.0 Å². The normalized spacial score (nSPS) is 10.6. The molecule has 1 aromatic carbocycles. The highest BCUT2D eigenvalue weighted by molar-refractivity contribution is 9.10. The summed E-state index contributed by atoms with van der Waals surface area (Å²) in [5.41, 5.74) is 1.82. The van der Waals surface area contributed by atoms with Crippen molar-refractivity contribution >= 4 is 27.6 Å². The Morgan fingerprint density at radius 2 is 2.23 bits per heavy atom. The Labute approximate surface area is 136 Å². The molecule has 0 aliphatic rings. The van der Waals surface area contributed by atoms with E-state index in [9.17, 15) is 9.18 Å². The maximum absolute atomic E-state index is 14.1. The van der Waals surface area contributed by atoms with Crippen LogP contribution in [0.15, 0.2) is 21.3 Å². The van der Waals surface area contributed by atoms with Crippen LogP contribution >= 0.6 is 15.9 Å². The fraction of sp³-hybridized carbons (Fsp3) is 0.333. The topological polar surface area (TPSA) is 64.4 Å². The third-order valence-corrected chi connectivity index (χ3v) is 4.06. The van der Waals surface area contributed by atoms with Crippen molar-refractivity contribution < 1.29 is 18.3 Å². The molecule has 1 N–H and O–H groups in total. The van der Waals surface area contributed by atoms with Gasteiger partial charge in [0.2, 0.25) is 0 Å². The fourth-order valence-corrected chi connectivity index (χ4v) is 2.43. The zero-order valence-corrected chi connectivity index (χ0v) is 14.1. The third kappa shape index (κ3) is 2.99. The van der Waals surface area contributed by atoms with Gasteiger partial charge in [0.05, 0.1) is 11.1 Å². The van der Waals surface area contributed by atoms with Gasteiger partial charge in [-0.3, -0.25) is 0 Å². The summed E-state index contributed by atoms with van der Waals surface area (Å²) in [5, 5.41) is 3.16. The molecule has 2 rings (SSSR count). The van der Waals surface area contributed by atoms with Gasteiger partial charge in [-0.15, -0.1) is 0 Å². The molecular weight excluding hydrogens is 355 g/mol. The van der Waals surface area contributed by atoms with Gasteiger partial charge < -0.3 is 14.5 Å². The van der Waals surface area contributed by atoms with Crippen molar-refractivity contribution in [2.75, 3.05) is 18.5 Å². The third-order valence-electron chi connectivity index (χ3n) is 3.09. The second kappa shape index (κ2) is 6.91. The highest BCUT2D eigenvalue weighted by Gasteiger charge is 2.24. The number of hydrogen-bond acceptors (Lipinski definition) is 5. The zero-order chi connectivity index (χ0) is 16.3. The summed E-state index contributed by atoms with van der Waals surface area (Å²) in [5.74, 6) is -0.862. The lowest BCUT2D eigenvalue weighted by molar-refractivity contribution is 0.0520. The van der Waals surface area contributed by atoms with Gasteiger partial charge in [-0.2, -0.15) is 0 Å². The molecule has 1 aromatic heterocycles. The van der Waals surface area contributed by atoms with Crippen molar-refractivity contribution in [2.45, 2.75) is 20.8 Å². The molecule has 22 heavy (non-hydrogen) atoms. The van der Waals surface area contributed by atoms with Crippen LogP contribution in [0.2, 0.25) is 0 Å². The lowest BCUT2D eigenvalue weighted by atomic mass is 10.0. The van der Waals surface area contributed by atoms with Crippen molar-refractivity contribution in [1.82, 2.24) is 4.98 Å². The Morgan fingerprint density at radius 1 is 1.50 bits per heavy atom. The van der Waals surface area contributed by atoms with Crippen molar-refractivity contribution in [2.24, 2.45) is 0 Å². The number of oxazole rings is 1. The number of ether oxygens (including phenoxy) is 1. The molecule has 1 heterocycles. The average Bonchev–Trinajstić information content (AvgIpc) is 2.97. The molecule has 0 fully saturated rings. The first kappa shape index (κ1) is 16.5. The number of rotatable bonds is 5. The Bertz CT molecular complexity index is 700. The van der Waals surface area contributed by atoms with E-state index in [0.29, 0.717) is 27.8 Å². The lowest BCUT2D eigenvalue weighted by Gasteiger charge is -2.15. The van der Waals surface area contributed by atoms with Crippen LogP contribution in [0.4, 0.5) is 10.1 Å².